The lowest BCUT2D eigenvalue weighted by molar-refractivity contribution is -0.146. The fourth-order valence-corrected chi connectivity index (χ4v) is 3.84. The third-order valence-electron chi connectivity index (χ3n) is 5.65. The summed E-state index contributed by atoms with van der Waals surface area (Å²) in [5, 5.41) is 18.1. The molecule has 4 rings (SSSR count). The number of anilines is 1. The Hall–Kier alpha value is -3.43. The van der Waals surface area contributed by atoms with Crippen LogP contribution in [-0.4, -0.2) is 74.3 Å². The molecule has 0 radical (unpaired) electrons. The molecule has 1 unspecified atom stereocenters. The van der Waals surface area contributed by atoms with Gasteiger partial charge in [-0.25, -0.2) is 0 Å². The second kappa shape index (κ2) is 11.6. The van der Waals surface area contributed by atoms with Gasteiger partial charge in [0.1, 0.15) is 12.4 Å². The highest BCUT2D eigenvalue weighted by Crippen LogP contribution is 2.31. The van der Waals surface area contributed by atoms with Crippen molar-refractivity contribution < 1.29 is 28.9 Å². The maximum atomic E-state index is 12.7. The second-order valence-corrected chi connectivity index (χ2v) is 8.24. The van der Waals surface area contributed by atoms with Crippen LogP contribution in [-0.2, 0) is 20.7 Å². The number of benzene rings is 2. The smallest absolute Gasteiger partial charge is 0.306 e. The monoisotopic (exact) mass is 467 g/mol. The summed E-state index contributed by atoms with van der Waals surface area (Å²) in [5.41, 5.74) is 3.08. The Morgan fingerprint density at radius 1 is 1.18 bits per heavy atom. The summed E-state index contributed by atoms with van der Waals surface area (Å²) in [6, 6.07) is 12.8. The highest BCUT2D eigenvalue weighted by atomic mass is 16.5. The third-order valence-corrected chi connectivity index (χ3v) is 5.65. The van der Waals surface area contributed by atoms with Crippen molar-refractivity contribution in [3.8, 4) is 5.75 Å². The first kappa shape index (κ1) is 23.7. The van der Waals surface area contributed by atoms with E-state index >= 15 is 0 Å². The maximum absolute atomic E-state index is 12.7. The minimum absolute atomic E-state index is 0.0107. The van der Waals surface area contributed by atoms with E-state index in [1.165, 1.54) is 0 Å². The highest BCUT2D eigenvalue weighted by Gasteiger charge is 2.23. The van der Waals surface area contributed by atoms with Crippen LogP contribution < -0.4 is 10.1 Å². The molecule has 0 saturated carbocycles. The zero-order valence-corrected chi connectivity index (χ0v) is 18.9. The number of nitrogens with one attached hydrogen (secondary N) is 1. The van der Waals surface area contributed by atoms with Gasteiger partial charge in [-0.3, -0.25) is 14.6 Å². The van der Waals surface area contributed by atoms with Crippen LogP contribution in [0, 0.1) is 5.92 Å². The van der Waals surface area contributed by atoms with Crippen LogP contribution in [0.4, 0.5) is 5.69 Å². The van der Waals surface area contributed by atoms with E-state index in [1.54, 1.807) is 24.4 Å². The van der Waals surface area contributed by atoms with Crippen molar-refractivity contribution in [1.29, 1.82) is 0 Å². The van der Waals surface area contributed by atoms with E-state index in [-0.39, 0.29) is 37.4 Å². The topological polar surface area (TPSA) is 110 Å². The van der Waals surface area contributed by atoms with Gasteiger partial charge in [-0.1, -0.05) is 18.2 Å². The number of carbonyl (C=O) groups excluding carboxylic acids is 2. The number of hydrazone groups is 1. The molecule has 34 heavy (non-hydrogen) atoms. The second-order valence-electron chi connectivity index (χ2n) is 8.24. The van der Waals surface area contributed by atoms with Crippen LogP contribution in [0.3, 0.4) is 0 Å². The molecule has 9 heteroatoms. The molecule has 1 amide bonds. The van der Waals surface area contributed by atoms with Gasteiger partial charge in [-0.2, -0.15) is 5.10 Å². The summed E-state index contributed by atoms with van der Waals surface area (Å²) in [6.45, 7) is 3.15. The van der Waals surface area contributed by atoms with Crippen LogP contribution in [0.1, 0.15) is 27.9 Å². The zero-order chi connectivity index (χ0) is 23.8. The summed E-state index contributed by atoms with van der Waals surface area (Å²) in [4.78, 5) is 24.5. The van der Waals surface area contributed by atoms with Crippen molar-refractivity contribution in [1.82, 2.24) is 5.01 Å². The van der Waals surface area contributed by atoms with E-state index in [9.17, 15) is 9.59 Å². The van der Waals surface area contributed by atoms with Crippen LogP contribution in [0.5, 0.6) is 5.75 Å². The van der Waals surface area contributed by atoms with Crippen LogP contribution in [0.2, 0.25) is 0 Å². The average Bonchev–Trinajstić information content (AvgIpc) is 2.87. The van der Waals surface area contributed by atoms with Gasteiger partial charge in [-0.15, -0.1) is 0 Å². The molecule has 0 spiro atoms. The van der Waals surface area contributed by atoms with Gasteiger partial charge in [0.05, 0.1) is 52.2 Å². The number of fused-ring (bicyclic) bond motifs is 1. The summed E-state index contributed by atoms with van der Waals surface area (Å²) in [5.74, 6) is 0.169. The number of nitrogens with zero attached hydrogens (tertiary/aromatic N) is 2. The van der Waals surface area contributed by atoms with Crippen LogP contribution >= 0.6 is 0 Å². The standard InChI is InChI=1S/C25H29N3O6/c29-9-12-33-24(30)14-19-13-21-5-6-22(15-23(21)34-17-19)27-25(31)20-3-1-18(2-4-20)16-26-28-7-10-32-11-8-28/h1-6,15-16,19,29H,7-14,17H2,(H,27,31)/b26-16+. The minimum Gasteiger partial charge on any atom is -0.493 e. The normalized spacial score (nSPS) is 17.7. The first-order valence-electron chi connectivity index (χ1n) is 11.4. The van der Waals surface area contributed by atoms with Gasteiger partial charge in [0, 0.05) is 23.2 Å². The molecule has 180 valence electrons. The predicted octanol–water partition coefficient (Wildman–Crippen LogP) is 2.08. The van der Waals surface area contributed by atoms with Crippen LogP contribution in [0.25, 0.3) is 0 Å². The molecule has 2 aliphatic heterocycles. The fourth-order valence-electron chi connectivity index (χ4n) is 3.84. The molecule has 1 saturated heterocycles. The van der Waals surface area contributed by atoms with Gasteiger partial charge in [0.2, 0.25) is 0 Å². The Kier molecular flexibility index (Phi) is 8.11. The predicted molar refractivity (Wildman–Crippen MR) is 126 cm³/mol. The third kappa shape index (κ3) is 6.55. The van der Waals surface area contributed by atoms with Gasteiger partial charge < -0.3 is 24.6 Å². The molecular formula is C25H29N3O6. The first-order chi connectivity index (χ1) is 16.6. The Labute approximate surface area is 198 Å². The minimum atomic E-state index is -0.339. The number of hydrogen-bond donors (Lipinski definition) is 2. The molecule has 2 heterocycles. The number of ether oxygens (including phenoxy) is 3. The number of aliphatic hydroxyl groups excluding tert-OH is 1. The van der Waals surface area contributed by atoms with Crippen molar-refractivity contribution in [2.45, 2.75) is 12.8 Å². The SMILES string of the molecule is O=C(CC1COc2cc(NC(=O)c3ccc(/C=N/N4CCOCC4)cc3)ccc2C1)OCCO. The number of morpholine rings is 1. The first-order valence-corrected chi connectivity index (χ1v) is 11.4. The largest absolute Gasteiger partial charge is 0.493 e. The van der Waals surface area contributed by atoms with E-state index < -0.39 is 0 Å². The van der Waals surface area contributed by atoms with Crippen molar-refractivity contribution in [3.05, 3.63) is 59.2 Å². The van der Waals surface area contributed by atoms with Crippen molar-refractivity contribution >= 4 is 23.8 Å². The Bertz CT molecular complexity index is 1020. The molecule has 2 aromatic rings. The lowest BCUT2D eigenvalue weighted by Crippen LogP contribution is -2.32. The molecule has 1 atom stereocenters. The fraction of sp³-hybridized carbons (Fsp3) is 0.400. The number of aliphatic hydroxyl groups is 1. The van der Waals surface area contributed by atoms with E-state index in [2.05, 4.69) is 10.4 Å². The molecule has 2 aromatic carbocycles. The molecule has 0 bridgehead atoms. The average molecular weight is 468 g/mol. The number of hydrogen-bond acceptors (Lipinski definition) is 8. The van der Waals surface area contributed by atoms with Crippen molar-refractivity contribution in [2.75, 3.05) is 51.4 Å². The Balaban J connectivity index is 1.30. The summed E-state index contributed by atoms with van der Waals surface area (Å²) in [6.07, 6.45) is 2.71. The lowest BCUT2D eigenvalue weighted by atomic mass is 9.94. The van der Waals surface area contributed by atoms with Gasteiger partial charge >= 0.3 is 5.97 Å². The molecule has 0 aromatic heterocycles. The van der Waals surface area contributed by atoms with E-state index in [0.29, 0.717) is 43.2 Å². The Morgan fingerprint density at radius 2 is 1.97 bits per heavy atom. The molecule has 9 nitrogen and oxygen atoms in total. The van der Waals surface area contributed by atoms with E-state index in [0.717, 1.165) is 24.2 Å². The lowest BCUT2D eigenvalue weighted by Gasteiger charge is -2.25. The van der Waals surface area contributed by atoms with Gasteiger partial charge in [0.15, 0.2) is 0 Å². The zero-order valence-electron chi connectivity index (χ0n) is 18.9. The quantitative estimate of drug-likeness (QED) is 0.452. The molecular weight excluding hydrogens is 438 g/mol. The van der Waals surface area contributed by atoms with Gasteiger partial charge in [-0.05, 0) is 35.7 Å². The number of rotatable bonds is 8. The number of esters is 1. The summed E-state index contributed by atoms with van der Waals surface area (Å²) < 4.78 is 16.1. The van der Waals surface area contributed by atoms with Gasteiger partial charge in [0.25, 0.3) is 5.91 Å². The van der Waals surface area contributed by atoms with Crippen LogP contribution in [0.15, 0.2) is 47.6 Å². The van der Waals surface area contributed by atoms with Crippen molar-refractivity contribution in [3.63, 3.8) is 0 Å². The molecule has 2 aliphatic rings. The molecule has 2 N–H and O–H groups in total. The number of carbonyl (C=O) groups is 2. The highest BCUT2D eigenvalue weighted by molar-refractivity contribution is 6.04. The van der Waals surface area contributed by atoms with E-state index in [1.807, 2.05) is 29.3 Å². The Morgan fingerprint density at radius 3 is 2.74 bits per heavy atom. The molecule has 0 aliphatic carbocycles. The maximum Gasteiger partial charge on any atom is 0.306 e. The molecule has 1 fully saturated rings. The summed E-state index contributed by atoms with van der Waals surface area (Å²) >= 11 is 0. The van der Waals surface area contributed by atoms with E-state index in [4.69, 9.17) is 19.3 Å². The number of amides is 1. The summed E-state index contributed by atoms with van der Waals surface area (Å²) in [7, 11) is 0. The van der Waals surface area contributed by atoms with Crippen molar-refractivity contribution in [2.24, 2.45) is 11.0 Å².